The van der Waals surface area contributed by atoms with Crippen LogP contribution in [-0.4, -0.2) is 78.0 Å². The normalized spacial score (nSPS) is 19.8. The van der Waals surface area contributed by atoms with Gasteiger partial charge < -0.3 is 19.6 Å². The number of halogens is 3. The van der Waals surface area contributed by atoms with Gasteiger partial charge in [0.25, 0.3) is 0 Å². The molecule has 0 radical (unpaired) electrons. The van der Waals surface area contributed by atoms with Crippen LogP contribution in [0.5, 0.6) is 5.75 Å². The highest BCUT2D eigenvalue weighted by Gasteiger charge is 2.37. The molecule has 32 heavy (non-hydrogen) atoms. The van der Waals surface area contributed by atoms with Gasteiger partial charge in [0.2, 0.25) is 5.91 Å². The summed E-state index contributed by atoms with van der Waals surface area (Å²) in [7, 11) is 0. The summed E-state index contributed by atoms with van der Waals surface area (Å²) in [6.45, 7) is 4.19. The fourth-order valence-corrected chi connectivity index (χ4v) is 4.85. The fourth-order valence-electron chi connectivity index (χ4n) is 4.16. The Hall–Kier alpha value is -2.37. The minimum absolute atomic E-state index is 0.00361. The first-order valence-corrected chi connectivity index (χ1v) is 11.3. The lowest BCUT2D eigenvalue weighted by Gasteiger charge is -2.40. The van der Waals surface area contributed by atoms with Crippen molar-refractivity contribution < 1.29 is 27.8 Å². The molecule has 7 nitrogen and oxygen atoms in total. The van der Waals surface area contributed by atoms with Crippen LogP contribution in [0.15, 0.2) is 35.8 Å². The zero-order chi connectivity index (χ0) is 22.8. The number of hydrogen-bond acceptors (Lipinski definition) is 7. The highest BCUT2D eigenvalue weighted by atomic mass is 32.1. The number of amides is 1. The number of rotatable bonds is 5. The molecular weight excluding hydrogens is 445 g/mol. The molecule has 1 N–H and O–H groups in total. The molecule has 2 aromatic rings. The van der Waals surface area contributed by atoms with Crippen molar-refractivity contribution in [2.75, 3.05) is 50.7 Å². The van der Waals surface area contributed by atoms with Gasteiger partial charge in [-0.05, 0) is 30.5 Å². The number of hydrogen-bond donors (Lipinski definition) is 1. The fraction of sp³-hybridized carbons (Fsp3) is 0.524. The van der Waals surface area contributed by atoms with Gasteiger partial charge in [-0.2, -0.15) is 0 Å². The van der Waals surface area contributed by atoms with Crippen molar-refractivity contribution in [1.29, 1.82) is 0 Å². The molecule has 2 saturated heterocycles. The predicted octanol–water partition coefficient (Wildman–Crippen LogP) is 2.67. The number of aromatic nitrogens is 1. The molecule has 4 rings (SSSR count). The molecule has 0 saturated carbocycles. The molecule has 1 amide bonds. The molecule has 2 aliphatic heterocycles. The summed E-state index contributed by atoms with van der Waals surface area (Å²) in [6.07, 6.45) is -2.49. The van der Waals surface area contributed by atoms with E-state index in [-0.39, 0.29) is 24.5 Å². The molecule has 174 valence electrons. The molecule has 3 heterocycles. The first-order valence-electron chi connectivity index (χ1n) is 10.5. The van der Waals surface area contributed by atoms with Crippen LogP contribution in [-0.2, 0) is 10.4 Å². The predicted molar refractivity (Wildman–Crippen MR) is 114 cm³/mol. The Labute approximate surface area is 188 Å². The van der Waals surface area contributed by atoms with Crippen molar-refractivity contribution in [2.45, 2.75) is 24.8 Å². The Morgan fingerprint density at radius 1 is 1.16 bits per heavy atom. The van der Waals surface area contributed by atoms with Crippen molar-refractivity contribution in [3.05, 3.63) is 41.4 Å². The van der Waals surface area contributed by atoms with E-state index in [0.29, 0.717) is 25.2 Å². The highest BCUT2D eigenvalue weighted by molar-refractivity contribution is 7.13. The number of anilines is 1. The SMILES string of the molecule is O=C(CN1CCN(c2nccs2)CC1)N1CCC(O)(c2cccc(OC(F)(F)F)c2)CC1. The van der Waals surface area contributed by atoms with E-state index in [9.17, 15) is 23.1 Å². The standard InChI is InChI=1S/C21H25F3N4O3S/c22-21(23,24)31-17-3-1-2-16(14-17)20(30)4-7-27(8-5-20)18(29)15-26-9-11-28(12-10-26)19-25-6-13-32-19/h1-3,6,13-14,30H,4-5,7-12,15H2. The number of piperazine rings is 1. The summed E-state index contributed by atoms with van der Waals surface area (Å²) in [6, 6.07) is 5.43. The largest absolute Gasteiger partial charge is 0.573 e. The summed E-state index contributed by atoms with van der Waals surface area (Å²) in [5, 5.41) is 14.0. The van der Waals surface area contributed by atoms with E-state index in [0.717, 1.165) is 31.3 Å². The van der Waals surface area contributed by atoms with Crippen LogP contribution >= 0.6 is 11.3 Å². The van der Waals surface area contributed by atoms with Gasteiger partial charge in [0, 0.05) is 50.8 Å². The molecule has 0 aliphatic carbocycles. The number of carbonyl (C=O) groups excluding carboxylic acids is 1. The lowest BCUT2D eigenvalue weighted by atomic mass is 9.84. The number of nitrogens with zero attached hydrogens (tertiary/aromatic N) is 4. The van der Waals surface area contributed by atoms with Crippen molar-refractivity contribution >= 4 is 22.4 Å². The van der Waals surface area contributed by atoms with Crippen LogP contribution in [0.25, 0.3) is 0 Å². The minimum atomic E-state index is -4.79. The summed E-state index contributed by atoms with van der Waals surface area (Å²) >= 11 is 1.60. The number of piperidine rings is 1. The maximum atomic E-state index is 12.8. The highest BCUT2D eigenvalue weighted by Crippen LogP contribution is 2.35. The topological polar surface area (TPSA) is 69.1 Å². The third-order valence-corrected chi connectivity index (χ3v) is 6.80. The number of carbonyl (C=O) groups is 1. The summed E-state index contributed by atoms with van der Waals surface area (Å²) in [4.78, 5) is 23.1. The van der Waals surface area contributed by atoms with Crippen molar-refractivity contribution in [1.82, 2.24) is 14.8 Å². The van der Waals surface area contributed by atoms with Crippen LogP contribution in [0.1, 0.15) is 18.4 Å². The van der Waals surface area contributed by atoms with Crippen molar-refractivity contribution in [3.63, 3.8) is 0 Å². The van der Waals surface area contributed by atoms with E-state index in [1.54, 1.807) is 28.5 Å². The number of ether oxygens (including phenoxy) is 1. The van der Waals surface area contributed by atoms with E-state index in [1.807, 2.05) is 5.38 Å². The van der Waals surface area contributed by atoms with Gasteiger partial charge in [-0.15, -0.1) is 24.5 Å². The molecule has 0 bridgehead atoms. The summed E-state index contributed by atoms with van der Waals surface area (Å²) in [5.74, 6) is -0.359. The maximum Gasteiger partial charge on any atom is 0.573 e. The monoisotopic (exact) mass is 470 g/mol. The van der Waals surface area contributed by atoms with Crippen LogP contribution in [0.2, 0.25) is 0 Å². The second kappa shape index (κ2) is 9.24. The van der Waals surface area contributed by atoms with E-state index in [4.69, 9.17) is 0 Å². The van der Waals surface area contributed by atoms with Gasteiger partial charge in [0.05, 0.1) is 12.1 Å². The van der Waals surface area contributed by atoms with Gasteiger partial charge in [-0.1, -0.05) is 12.1 Å². The van der Waals surface area contributed by atoms with Crippen molar-refractivity contribution in [2.24, 2.45) is 0 Å². The Kier molecular flexibility index (Phi) is 6.59. The second-order valence-corrected chi connectivity index (χ2v) is 8.94. The van der Waals surface area contributed by atoms with E-state index in [1.165, 1.54) is 18.2 Å². The minimum Gasteiger partial charge on any atom is -0.406 e. The number of alkyl halides is 3. The molecule has 0 spiro atoms. The van der Waals surface area contributed by atoms with Gasteiger partial charge in [0.1, 0.15) is 5.75 Å². The Bertz CT molecular complexity index is 909. The lowest BCUT2D eigenvalue weighted by Crippen LogP contribution is -2.52. The maximum absolute atomic E-state index is 12.8. The summed E-state index contributed by atoms with van der Waals surface area (Å²) < 4.78 is 41.5. The molecule has 0 atom stereocenters. The molecular formula is C21H25F3N4O3S. The molecule has 1 aromatic carbocycles. The van der Waals surface area contributed by atoms with Crippen LogP contribution in [0.3, 0.4) is 0 Å². The van der Waals surface area contributed by atoms with Gasteiger partial charge in [-0.25, -0.2) is 4.98 Å². The van der Waals surface area contributed by atoms with E-state index >= 15 is 0 Å². The zero-order valence-corrected chi connectivity index (χ0v) is 18.2. The van der Waals surface area contributed by atoms with Crippen LogP contribution in [0, 0.1) is 0 Å². The quantitative estimate of drug-likeness (QED) is 0.725. The number of thiazole rings is 1. The first-order chi connectivity index (χ1) is 15.2. The number of aliphatic hydroxyl groups is 1. The zero-order valence-electron chi connectivity index (χ0n) is 17.4. The molecule has 11 heteroatoms. The van der Waals surface area contributed by atoms with Gasteiger partial charge >= 0.3 is 6.36 Å². The molecule has 1 aromatic heterocycles. The lowest BCUT2D eigenvalue weighted by molar-refractivity contribution is -0.274. The molecule has 2 aliphatic rings. The number of benzene rings is 1. The smallest absolute Gasteiger partial charge is 0.406 e. The Morgan fingerprint density at radius 2 is 1.88 bits per heavy atom. The third kappa shape index (κ3) is 5.51. The van der Waals surface area contributed by atoms with Gasteiger partial charge in [0.15, 0.2) is 5.13 Å². The number of likely N-dealkylation sites (tertiary alicyclic amines) is 1. The average Bonchev–Trinajstić information content (AvgIpc) is 3.29. The van der Waals surface area contributed by atoms with Crippen LogP contribution in [0.4, 0.5) is 18.3 Å². The molecule has 2 fully saturated rings. The van der Waals surface area contributed by atoms with E-state index < -0.39 is 12.0 Å². The van der Waals surface area contributed by atoms with E-state index in [2.05, 4.69) is 19.5 Å². The van der Waals surface area contributed by atoms with Gasteiger partial charge in [-0.3, -0.25) is 9.69 Å². The molecule has 0 unspecified atom stereocenters. The third-order valence-electron chi connectivity index (χ3n) is 5.97. The Morgan fingerprint density at radius 3 is 2.50 bits per heavy atom. The summed E-state index contributed by atoms with van der Waals surface area (Å²) in [5.41, 5.74) is -0.925. The van der Waals surface area contributed by atoms with Crippen LogP contribution < -0.4 is 9.64 Å². The first kappa shape index (κ1) is 22.8. The Balaban J connectivity index is 1.28. The van der Waals surface area contributed by atoms with Crippen molar-refractivity contribution in [3.8, 4) is 5.75 Å². The average molecular weight is 471 g/mol. The second-order valence-electron chi connectivity index (χ2n) is 8.07.